The Labute approximate surface area is 152 Å². The minimum Gasteiger partial charge on any atom is -0.454 e. The molecule has 136 valence electrons. The Bertz CT molecular complexity index is 782. The summed E-state index contributed by atoms with van der Waals surface area (Å²) in [5, 5.41) is 5.22. The van der Waals surface area contributed by atoms with Crippen LogP contribution >= 0.6 is 0 Å². The van der Waals surface area contributed by atoms with Crippen molar-refractivity contribution in [3.8, 4) is 0 Å². The van der Waals surface area contributed by atoms with Crippen LogP contribution in [0.15, 0.2) is 48.5 Å². The number of anilines is 1. The van der Waals surface area contributed by atoms with Gasteiger partial charge in [0.15, 0.2) is 6.61 Å². The zero-order valence-electron chi connectivity index (χ0n) is 15.0. The first-order valence-corrected chi connectivity index (χ1v) is 8.26. The molecule has 2 aromatic carbocycles. The van der Waals surface area contributed by atoms with Gasteiger partial charge in [-0.2, -0.15) is 0 Å². The van der Waals surface area contributed by atoms with E-state index < -0.39 is 24.5 Å². The van der Waals surface area contributed by atoms with Crippen LogP contribution in [0.5, 0.6) is 0 Å². The van der Waals surface area contributed by atoms with Crippen molar-refractivity contribution in [1.29, 1.82) is 0 Å². The van der Waals surface area contributed by atoms with E-state index in [2.05, 4.69) is 10.6 Å². The molecule has 0 heterocycles. The van der Waals surface area contributed by atoms with E-state index >= 15 is 0 Å². The molecule has 6 nitrogen and oxygen atoms in total. The van der Waals surface area contributed by atoms with Crippen molar-refractivity contribution in [2.24, 2.45) is 0 Å². The number of benzene rings is 2. The highest BCUT2D eigenvalue weighted by molar-refractivity contribution is 5.97. The van der Waals surface area contributed by atoms with Crippen LogP contribution in [0.25, 0.3) is 0 Å². The molecule has 0 aromatic heterocycles. The molecule has 2 N–H and O–H groups in total. The zero-order valence-corrected chi connectivity index (χ0v) is 15.0. The smallest absolute Gasteiger partial charge is 0.328 e. The van der Waals surface area contributed by atoms with Crippen LogP contribution in [0.4, 0.5) is 5.69 Å². The maximum Gasteiger partial charge on any atom is 0.328 e. The Morgan fingerprint density at radius 2 is 1.62 bits per heavy atom. The summed E-state index contributed by atoms with van der Waals surface area (Å²) in [4.78, 5) is 35.9. The van der Waals surface area contributed by atoms with Gasteiger partial charge in [0.25, 0.3) is 11.8 Å². The number of esters is 1. The number of aryl methyl sites for hydroxylation is 2. The van der Waals surface area contributed by atoms with Gasteiger partial charge in [0.2, 0.25) is 0 Å². The molecule has 0 fully saturated rings. The van der Waals surface area contributed by atoms with Crippen molar-refractivity contribution < 1.29 is 19.1 Å². The van der Waals surface area contributed by atoms with Gasteiger partial charge >= 0.3 is 5.97 Å². The molecule has 0 bridgehead atoms. The van der Waals surface area contributed by atoms with Gasteiger partial charge in [0, 0.05) is 11.3 Å². The summed E-state index contributed by atoms with van der Waals surface area (Å²) >= 11 is 0. The lowest BCUT2D eigenvalue weighted by molar-refractivity contribution is -0.148. The number of amides is 2. The Kier molecular flexibility index (Phi) is 6.49. The maximum atomic E-state index is 12.0. The molecule has 2 rings (SSSR count). The molecule has 0 aliphatic rings. The average molecular weight is 354 g/mol. The minimum absolute atomic E-state index is 0.380. The van der Waals surface area contributed by atoms with Crippen LogP contribution in [0.2, 0.25) is 0 Å². The number of hydrogen-bond acceptors (Lipinski definition) is 4. The van der Waals surface area contributed by atoms with Crippen LogP contribution in [0.1, 0.15) is 28.4 Å². The summed E-state index contributed by atoms with van der Waals surface area (Å²) in [6.45, 7) is 4.95. The molecule has 1 unspecified atom stereocenters. The molecule has 0 aliphatic heterocycles. The third-order valence-corrected chi connectivity index (χ3v) is 3.59. The van der Waals surface area contributed by atoms with Gasteiger partial charge in [0.05, 0.1) is 0 Å². The van der Waals surface area contributed by atoms with Crippen molar-refractivity contribution in [3.63, 3.8) is 0 Å². The molecule has 0 saturated carbocycles. The van der Waals surface area contributed by atoms with Gasteiger partial charge in [-0.05, 0) is 56.2 Å². The summed E-state index contributed by atoms with van der Waals surface area (Å²) in [5.41, 5.74) is 3.14. The zero-order chi connectivity index (χ0) is 19.1. The summed E-state index contributed by atoms with van der Waals surface area (Å²) in [5.74, 6) is -1.50. The normalized spacial score (nSPS) is 11.3. The number of hydrogen-bond donors (Lipinski definition) is 2. The fourth-order valence-corrected chi connectivity index (χ4v) is 2.43. The lowest BCUT2D eigenvalue weighted by Crippen LogP contribution is -2.40. The monoisotopic (exact) mass is 354 g/mol. The maximum absolute atomic E-state index is 12.0. The van der Waals surface area contributed by atoms with E-state index in [0.29, 0.717) is 11.3 Å². The molecule has 2 aromatic rings. The van der Waals surface area contributed by atoms with Crippen molar-refractivity contribution in [2.75, 3.05) is 11.9 Å². The fourth-order valence-electron chi connectivity index (χ4n) is 2.43. The van der Waals surface area contributed by atoms with Crippen LogP contribution < -0.4 is 10.6 Å². The molecular formula is C20H22N2O4. The van der Waals surface area contributed by atoms with Gasteiger partial charge in [-0.15, -0.1) is 0 Å². The lowest BCUT2D eigenvalue weighted by Gasteiger charge is -2.13. The SMILES string of the molecule is Cc1cc(C)cc(NC(=O)COC(=O)C(C)NC(=O)c2ccccc2)c1. The van der Waals surface area contributed by atoms with E-state index in [1.165, 1.54) is 6.92 Å². The second-order valence-corrected chi connectivity index (χ2v) is 6.09. The molecule has 0 radical (unpaired) electrons. The molecule has 6 heteroatoms. The number of carbonyl (C=O) groups excluding carboxylic acids is 3. The van der Waals surface area contributed by atoms with E-state index in [1.54, 1.807) is 30.3 Å². The first kappa shape index (κ1) is 19.2. The second kappa shape index (κ2) is 8.80. The average Bonchev–Trinajstić information content (AvgIpc) is 2.59. The highest BCUT2D eigenvalue weighted by Gasteiger charge is 2.19. The highest BCUT2D eigenvalue weighted by atomic mass is 16.5. The Morgan fingerprint density at radius 3 is 2.23 bits per heavy atom. The summed E-state index contributed by atoms with van der Waals surface area (Å²) in [6, 6.07) is 13.3. The summed E-state index contributed by atoms with van der Waals surface area (Å²) in [7, 11) is 0. The van der Waals surface area contributed by atoms with Gasteiger partial charge in [0.1, 0.15) is 6.04 Å². The molecule has 26 heavy (non-hydrogen) atoms. The molecule has 1 atom stereocenters. The van der Waals surface area contributed by atoms with Crippen molar-refractivity contribution >= 4 is 23.5 Å². The van der Waals surface area contributed by atoms with Crippen LogP contribution in [0, 0.1) is 13.8 Å². The van der Waals surface area contributed by atoms with Crippen LogP contribution in [-0.4, -0.2) is 30.4 Å². The number of nitrogens with one attached hydrogen (secondary N) is 2. The third-order valence-electron chi connectivity index (χ3n) is 3.59. The van der Waals surface area contributed by atoms with E-state index in [9.17, 15) is 14.4 Å². The largest absolute Gasteiger partial charge is 0.454 e. The Balaban J connectivity index is 1.81. The fraction of sp³-hybridized carbons (Fsp3) is 0.250. The van der Waals surface area contributed by atoms with Gasteiger partial charge in [-0.1, -0.05) is 24.3 Å². The Hall–Kier alpha value is -3.15. The number of carbonyl (C=O) groups is 3. The molecule has 2 amide bonds. The lowest BCUT2D eigenvalue weighted by atomic mass is 10.1. The standard InChI is InChI=1S/C20H22N2O4/c1-13-9-14(2)11-17(10-13)22-18(23)12-26-20(25)15(3)21-19(24)16-7-5-4-6-8-16/h4-11,15H,12H2,1-3H3,(H,21,24)(H,22,23). The van der Waals surface area contributed by atoms with E-state index in [-0.39, 0.29) is 5.91 Å². The van der Waals surface area contributed by atoms with E-state index in [0.717, 1.165) is 11.1 Å². The van der Waals surface area contributed by atoms with Crippen molar-refractivity contribution in [1.82, 2.24) is 5.32 Å². The first-order valence-electron chi connectivity index (χ1n) is 8.26. The molecule has 0 aliphatic carbocycles. The van der Waals surface area contributed by atoms with Crippen molar-refractivity contribution in [2.45, 2.75) is 26.8 Å². The summed E-state index contributed by atoms with van der Waals surface area (Å²) in [6.07, 6.45) is 0. The Morgan fingerprint density at radius 1 is 1.00 bits per heavy atom. The van der Waals surface area contributed by atoms with Gasteiger partial charge in [-0.3, -0.25) is 9.59 Å². The van der Waals surface area contributed by atoms with Crippen LogP contribution in [-0.2, 0) is 14.3 Å². The molecule has 0 saturated heterocycles. The minimum atomic E-state index is -0.864. The van der Waals surface area contributed by atoms with Gasteiger partial charge in [-0.25, -0.2) is 4.79 Å². The van der Waals surface area contributed by atoms with E-state index in [1.807, 2.05) is 32.0 Å². The number of rotatable bonds is 6. The molecular weight excluding hydrogens is 332 g/mol. The second-order valence-electron chi connectivity index (χ2n) is 6.09. The predicted octanol–water partition coefficient (Wildman–Crippen LogP) is 2.60. The highest BCUT2D eigenvalue weighted by Crippen LogP contribution is 2.13. The third kappa shape index (κ3) is 5.73. The quantitative estimate of drug-likeness (QED) is 0.781. The topological polar surface area (TPSA) is 84.5 Å². The van der Waals surface area contributed by atoms with Crippen molar-refractivity contribution in [3.05, 3.63) is 65.2 Å². The molecule has 0 spiro atoms. The number of ether oxygens (including phenoxy) is 1. The predicted molar refractivity (Wildman–Crippen MR) is 98.9 cm³/mol. The first-order chi connectivity index (χ1) is 12.3. The summed E-state index contributed by atoms with van der Waals surface area (Å²) < 4.78 is 4.97. The van der Waals surface area contributed by atoms with E-state index in [4.69, 9.17) is 4.74 Å². The van der Waals surface area contributed by atoms with Gasteiger partial charge < -0.3 is 15.4 Å². The van der Waals surface area contributed by atoms with Crippen LogP contribution in [0.3, 0.4) is 0 Å².